The average Bonchev–Trinajstić information content (AvgIpc) is 3.16. The monoisotopic (exact) mass is 423 g/mol. The van der Waals surface area contributed by atoms with Gasteiger partial charge < -0.3 is 30.2 Å². The number of carbonyl (C=O) groups is 1. The van der Waals surface area contributed by atoms with Crippen molar-refractivity contribution in [3.63, 3.8) is 0 Å². The summed E-state index contributed by atoms with van der Waals surface area (Å²) < 4.78 is 17.1. The van der Waals surface area contributed by atoms with E-state index in [0.29, 0.717) is 54.2 Å². The highest BCUT2D eigenvalue weighted by Crippen LogP contribution is 2.37. The standard InChI is InChI=1S/C21H33N3O4S/c1-5-26-18-12-17(24-21(29)22-13-15-8-7-9-28-15)19(27-6-2)11-16(18)23-20(25)10-14(3)4/h11-12,14-15H,5-10,13H2,1-4H3,(H,23,25)(H2,22,24,29)/t15-/m0/s1. The van der Waals surface area contributed by atoms with Crippen LogP contribution in [0.2, 0.25) is 0 Å². The third-order valence-corrected chi connectivity index (χ3v) is 4.56. The lowest BCUT2D eigenvalue weighted by Gasteiger charge is -2.19. The number of ether oxygens (including phenoxy) is 3. The molecule has 1 aromatic carbocycles. The largest absolute Gasteiger partial charge is 0.492 e. The first-order valence-electron chi connectivity index (χ1n) is 10.3. The number of nitrogens with one attached hydrogen (secondary N) is 3. The molecule has 0 spiro atoms. The minimum Gasteiger partial charge on any atom is -0.492 e. The highest BCUT2D eigenvalue weighted by Gasteiger charge is 2.18. The Morgan fingerprint density at radius 2 is 1.79 bits per heavy atom. The number of benzene rings is 1. The van der Waals surface area contributed by atoms with Gasteiger partial charge in [-0.05, 0) is 44.8 Å². The first-order chi connectivity index (χ1) is 13.9. The predicted octanol–water partition coefficient (Wildman–Crippen LogP) is 3.93. The molecule has 1 amide bonds. The van der Waals surface area contributed by atoms with Crippen LogP contribution in [0.5, 0.6) is 11.5 Å². The maximum absolute atomic E-state index is 12.3. The Morgan fingerprint density at radius 1 is 1.17 bits per heavy atom. The van der Waals surface area contributed by atoms with Crippen LogP contribution in [-0.4, -0.2) is 43.5 Å². The van der Waals surface area contributed by atoms with Crippen LogP contribution < -0.4 is 25.4 Å². The molecule has 0 aromatic heterocycles. The van der Waals surface area contributed by atoms with Crippen molar-refractivity contribution in [1.29, 1.82) is 0 Å². The number of anilines is 2. The van der Waals surface area contributed by atoms with Gasteiger partial charge in [-0.15, -0.1) is 0 Å². The molecular formula is C21H33N3O4S. The summed E-state index contributed by atoms with van der Waals surface area (Å²) >= 11 is 5.43. The van der Waals surface area contributed by atoms with Crippen LogP contribution in [0.3, 0.4) is 0 Å². The second-order valence-electron chi connectivity index (χ2n) is 7.33. The molecule has 3 N–H and O–H groups in total. The van der Waals surface area contributed by atoms with Gasteiger partial charge in [-0.2, -0.15) is 0 Å². The van der Waals surface area contributed by atoms with Gasteiger partial charge in [0.1, 0.15) is 11.5 Å². The summed E-state index contributed by atoms with van der Waals surface area (Å²) in [5.74, 6) is 1.37. The van der Waals surface area contributed by atoms with E-state index >= 15 is 0 Å². The van der Waals surface area contributed by atoms with Crippen molar-refractivity contribution in [3.8, 4) is 11.5 Å². The summed E-state index contributed by atoms with van der Waals surface area (Å²) in [6, 6.07) is 3.58. The number of rotatable bonds is 10. The molecule has 1 heterocycles. The van der Waals surface area contributed by atoms with E-state index in [1.807, 2.05) is 27.7 Å². The summed E-state index contributed by atoms with van der Waals surface area (Å²) in [5.41, 5.74) is 1.27. The summed E-state index contributed by atoms with van der Waals surface area (Å²) in [5, 5.41) is 9.79. The molecule has 2 rings (SSSR count). The molecule has 0 unspecified atom stereocenters. The lowest BCUT2D eigenvalue weighted by Crippen LogP contribution is -2.34. The zero-order chi connectivity index (χ0) is 21.2. The maximum atomic E-state index is 12.3. The lowest BCUT2D eigenvalue weighted by molar-refractivity contribution is -0.116. The van der Waals surface area contributed by atoms with E-state index in [1.165, 1.54) is 0 Å². The van der Waals surface area contributed by atoms with Gasteiger partial charge in [-0.25, -0.2) is 0 Å². The first kappa shape index (κ1) is 23.2. The zero-order valence-corrected chi connectivity index (χ0v) is 18.6. The molecule has 1 aromatic rings. The number of thiocarbonyl (C=S) groups is 1. The summed E-state index contributed by atoms with van der Waals surface area (Å²) in [6.07, 6.45) is 2.76. The molecule has 29 heavy (non-hydrogen) atoms. The Morgan fingerprint density at radius 3 is 2.31 bits per heavy atom. The van der Waals surface area contributed by atoms with E-state index in [1.54, 1.807) is 12.1 Å². The topological polar surface area (TPSA) is 80.8 Å². The van der Waals surface area contributed by atoms with Crippen LogP contribution in [0.4, 0.5) is 11.4 Å². The average molecular weight is 424 g/mol. The van der Waals surface area contributed by atoms with Crippen LogP contribution in [0.25, 0.3) is 0 Å². The van der Waals surface area contributed by atoms with Gasteiger partial charge in [-0.3, -0.25) is 4.79 Å². The lowest BCUT2D eigenvalue weighted by atomic mass is 10.1. The van der Waals surface area contributed by atoms with Crippen molar-refractivity contribution in [1.82, 2.24) is 5.32 Å². The second-order valence-corrected chi connectivity index (χ2v) is 7.74. The Balaban J connectivity index is 2.15. The van der Waals surface area contributed by atoms with Crippen molar-refractivity contribution >= 4 is 34.6 Å². The van der Waals surface area contributed by atoms with Crippen LogP contribution in [0.15, 0.2) is 12.1 Å². The van der Waals surface area contributed by atoms with E-state index < -0.39 is 0 Å². The maximum Gasteiger partial charge on any atom is 0.224 e. The van der Waals surface area contributed by atoms with E-state index in [4.69, 9.17) is 26.4 Å². The quantitative estimate of drug-likeness (QED) is 0.492. The highest BCUT2D eigenvalue weighted by atomic mass is 32.1. The number of hydrogen-bond acceptors (Lipinski definition) is 5. The minimum absolute atomic E-state index is 0.0575. The van der Waals surface area contributed by atoms with Crippen LogP contribution in [0, 0.1) is 5.92 Å². The third kappa shape index (κ3) is 7.70. The van der Waals surface area contributed by atoms with Crippen molar-refractivity contribution in [2.75, 3.05) is 37.0 Å². The highest BCUT2D eigenvalue weighted by molar-refractivity contribution is 7.80. The van der Waals surface area contributed by atoms with Crippen molar-refractivity contribution < 1.29 is 19.0 Å². The summed E-state index contributed by atoms with van der Waals surface area (Å²) in [4.78, 5) is 12.3. The molecule has 1 aliphatic heterocycles. The van der Waals surface area contributed by atoms with Gasteiger partial charge in [0.25, 0.3) is 0 Å². The van der Waals surface area contributed by atoms with Crippen LogP contribution in [0.1, 0.15) is 47.0 Å². The fourth-order valence-electron chi connectivity index (χ4n) is 3.06. The Labute approximate surface area is 178 Å². The van der Waals surface area contributed by atoms with E-state index in [2.05, 4.69) is 16.0 Å². The number of amides is 1. The molecule has 162 valence electrons. The molecule has 1 saturated heterocycles. The zero-order valence-electron chi connectivity index (χ0n) is 17.8. The van der Waals surface area contributed by atoms with Crippen molar-refractivity contribution in [3.05, 3.63) is 12.1 Å². The predicted molar refractivity (Wildman–Crippen MR) is 120 cm³/mol. The fourth-order valence-corrected chi connectivity index (χ4v) is 3.25. The SMILES string of the molecule is CCOc1cc(NC(=S)NC[C@@H]2CCCO2)c(OCC)cc1NC(=O)CC(C)C. The van der Waals surface area contributed by atoms with Gasteiger partial charge >= 0.3 is 0 Å². The number of hydrogen-bond donors (Lipinski definition) is 3. The van der Waals surface area contributed by atoms with Crippen molar-refractivity contribution in [2.45, 2.75) is 53.1 Å². The molecular weight excluding hydrogens is 390 g/mol. The summed E-state index contributed by atoms with van der Waals surface area (Å²) in [7, 11) is 0. The van der Waals surface area contributed by atoms with Gasteiger partial charge in [0, 0.05) is 31.7 Å². The van der Waals surface area contributed by atoms with Gasteiger partial charge in [0.15, 0.2) is 5.11 Å². The molecule has 0 radical (unpaired) electrons. The minimum atomic E-state index is -0.0575. The molecule has 1 aliphatic rings. The normalized spacial score (nSPS) is 15.8. The van der Waals surface area contributed by atoms with E-state index in [0.717, 1.165) is 19.4 Å². The fraction of sp³-hybridized carbons (Fsp3) is 0.619. The third-order valence-electron chi connectivity index (χ3n) is 4.31. The molecule has 1 atom stereocenters. The Kier molecular flexibility index (Phi) is 9.47. The summed E-state index contributed by atoms with van der Waals surface area (Å²) in [6.45, 7) is 10.3. The molecule has 0 saturated carbocycles. The van der Waals surface area contributed by atoms with E-state index in [-0.39, 0.29) is 17.9 Å². The second kappa shape index (κ2) is 11.8. The molecule has 1 fully saturated rings. The van der Waals surface area contributed by atoms with Gasteiger partial charge in [0.05, 0.1) is 30.7 Å². The Hall–Kier alpha value is -2.06. The van der Waals surface area contributed by atoms with Gasteiger partial charge in [0.2, 0.25) is 5.91 Å². The molecule has 7 nitrogen and oxygen atoms in total. The smallest absolute Gasteiger partial charge is 0.224 e. The van der Waals surface area contributed by atoms with Crippen LogP contribution in [-0.2, 0) is 9.53 Å². The first-order valence-corrected chi connectivity index (χ1v) is 10.7. The number of carbonyl (C=O) groups excluding carboxylic acids is 1. The van der Waals surface area contributed by atoms with E-state index in [9.17, 15) is 4.79 Å². The van der Waals surface area contributed by atoms with Crippen molar-refractivity contribution in [2.24, 2.45) is 5.92 Å². The molecule has 0 bridgehead atoms. The van der Waals surface area contributed by atoms with Gasteiger partial charge in [-0.1, -0.05) is 13.8 Å². The Bertz CT molecular complexity index is 691. The van der Waals surface area contributed by atoms with Crippen LogP contribution >= 0.6 is 12.2 Å². The molecule has 0 aliphatic carbocycles. The molecule has 8 heteroatoms.